The van der Waals surface area contributed by atoms with Crippen LogP contribution in [0.5, 0.6) is 0 Å². The van der Waals surface area contributed by atoms with Gasteiger partial charge in [0.1, 0.15) is 0 Å². The van der Waals surface area contributed by atoms with Crippen molar-refractivity contribution in [3.8, 4) is 11.5 Å². The van der Waals surface area contributed by atoms with Crippen LogP contribution in [0.3, 0.4) is 0 Å². The first-order chi connectivity index (χ1) is 13.0. The van der Waals surface area contributed by atoms with E-state index in [1.807, 2.05) is 0 Å². The van der Waals surface area contributed by atoms with Crippen molar-refractivity contribution in [3.05, 3.63) is 78.0 Å². The maximum atomic E-state index is 13.1. The van der Waals surface area contributed by atoms with Crippen LogP contribution in [0.25, 0.3) is 22.7 Å². The van der Waals surface area contributed by atoms with Crippen LogP contribution >= 0.6 is 0 Å². The average molecular weight is 405 g/mol. The highest BCUT2D eigenvalue weighted by Crippen LogP contribution is 2.32. The second-order valence-corrected chi connectivity index (χ2v) is 5.93. The molecule has 0 radical (unpaired) electrons. The van der Waals surface area contributed by atoms with Gasteiger partial charge in [0.15, 0.2) is 11.2 Å². The van der Waals surface area contributed by atoms with Gasteiger partial charge < -0.3 is 22.1 Å². The smallest absolute Gasteiger partial charge is 0.416 e. The molecule has 1 N–H and O–H groups in total. The van der Waals surface area contributed by atoms with Crippen molar-refractivity contribution >= 4 is 16.9 Å². The predicted octanol–water partition coefficient (Wildman–Crippen LogP) is 2.52. The fraction of sp³-hybridized carbons (Fsp3) is 0.100. The van der Waals surface area contributed by atoms with Crippen LogP contribution in [0.15, 0.2) is 71.3 Å². The van der Waals surface area contributed by atoms with Gasteiger partial charge in [0.2, 0.25) is 5.89 Å². The molecule has 0 saturated heterocycles. The first kappa shape index (κ1) is 19.7. The second-order valence-electron chi connectivity index (χ2n) is 5.93. The third kappa shape index (κ3) is 4.09. The second kappa shape index (κ2) is 7.90. The fourth-order valence-corrected chi connectivity index (χ4v) is 2.77. The average Bonchev–Trinajstić information content (AvgIpc) is 3.10. The van der Waals surface area contributed by atoms with Gasteiger partial charge >= 0.3 is 6.18 Å². The van der Waals surface area contributed by atoms with Crippen LogP contribution in [0.2, 0.25) is 0 Å². The minimum atomic E-state index is -4.37. The SMILES string of the molecule is FC(F)(F)c1ccccc1CNc1ccc(-c2nc3ncccc3o2)cc1.[Cl-]. The largest absolute Gasteiger partial charge is 1.00 e. The lowest BCUT2D eigenvalue weighted by molar-refractivity contribution is -0.138. The topological polar surface area (TPSA) is 51.0 Å². The monoisotopic (exact) mass is 404 g/mol. The molecule has 0 fully saturated rings. The molecule has 0 amide bonds. The Morgan fingerprint density at radius 2 is 1.68 bits per heavy atom. The molecule has 28 heavy (non-hydrogen) atoms. The van der Waals surface area contributed by atoms with Gasteiger partial charge in [-0.2, -0.15) is 18.2 Å². The molecule has 0 aliphatic carbocycles. The lowest BCUT2D eigenvalue weighted by Gasteiger charge is -2.14. The van der Waals surface area contributed by atoms with Crippen LogP contribution in [0, 0.1) is 0 Å². The maximum absolute atomic E-state index is 13.1. The number of nitrogens with one attached hydrogen (secondary N) is 1. The van der Waals surface area contributed by atoms with Gasteiger partial charge in [-0.1, -0.05) is 18.2 Å². The number of hydrogen-bond acceptors (Lipinski definition) is 4. The molecule has 0 unspecified atom stereocenters. The number of rotatable bonds is 4. The summed E-state index contributed by atoms with van der Waals surface area (Å²) in [6.45, 7) is 0.0713. The molecule has 4 aromatic rings. The van der Waals surface area contributed by atoms with Crippen LogP contribution in [0.4, 0.5) is 18.9 Å². The zero-order valence-corrected chi connectivity index (χ0v) is 15.1. The van der Waals surface area contributed by atoms with Crippen molar-refractivity contribution in [2.24, 2.45) is 0 Å². The van der Waals surface area contributed by atoms with Gasteiger partial charge in [0.05, 0.1) is 5.56 Å². The van der Waals surface area contributed by atoms with Crippen LogP contribution in [-0.2, 0) is 12.7 Å². The zero-order valence-electron chi connectivity index (χ0n) is 14.4. The summed E-state index contributed by atoms with van der Waals surface area (Å²) in [7, 11) is 0. The molecule has 0 spiro atoms. The molecule has 0 aliphatic heterocycles. The molecular formula is C20H14ClF3N3O-. The molecule has 4 rings (SSSR count). The summed E-state index contributed by atoms with van der Waals surface area (Å²) in [6.07, 6.45) is -2.73. The summed E-state index contributed by atoms with van der Waals surface area (Å²) in [5.41, 5.74) is 2.14. The van der Waals surface area contributed by atoms with E-state index in [0.29, 0.717) is 22.8 Å². The molecule has 144 valence electrons. The number of fused-ring (bicyclic) bond motifs is 1. The van der Waals surface area contributed by atoms with Crippen molar-refractivity contribution in [1.82, 2.24) is 9.97 Å². The van der Waals surface area contributed by atoms with E-state index in [-0.39, 0.29) is 24.5 Å². The highest BCUT2D eigenvalue weighted by atomic mass is 35.5. The summed E-state index contributed by atoms with van der Waals surface area (Å²) >= 11 is 0. The molecule has 0 bridgehead atoms. The normalized spacial score (nSPS) is 11.2. The summed E-state index contributed by atoms with van der Waals surface area (Å²) in [5.74, 6) is 0.442. The third-order valence-corrected chi connectivity index (χ3v) is 4.10. The Morgan fingerprint density at radius 1 is 0.929 bits per heavy atom. The van der Waals surface area contributed by atoms with E-state index in [1.165, 1.54) is 12.1 Å². The fourth-order valence-electron chi connectivity index (χ4n) is 2.77. The van der Waals surface area contributed by atoms with Gasteiger partial charge in [-0.25, -0.2) is 4.98 Å². The molecule has 2 heterocycles. The Morgan fingerprint density at radius 3 is 2.39 bits per heavy atom. The molecule has 4 nitrogen and oxygen atoms in total. The van der Waals surface area contributed by atoms with Crippen molar-refractivity contribution < 1.29 is 30.0 Å². The lowest BCUT2D eigenvalue weighted by Crippen LogP contribution is -3.00. The van der Waals surface area contributed by atoms with E-state index in [0.717, 1.165) is 11.6 Å². The molecule has 0 atom stereocenters. The van der Waals surface area contributed by atoms with Crippen molar-refractivity contribution in [2.75, 3.05) is 5.32 Å². The molecular weight excluding hydrogens is 391 g/mol. The zero-order chi connectivity index (χ0) is 18.9. The molecule has 0 saturated carbocycles. The van der Waals surface area contributed by atoms with E-state index in [9.17, 15) is 13.2 Å². The van der Waals surface area contributed by atoms with Gasteiger partial charge in [-0.3, -0.25) is 0 Å². The summed E-state index contributed by atoms with van der Waals surface area (Å²) in [6, 6.07) is 16.2. The number of oxazole rings is 1. The Balaban J connectivity index is 0.00000225. The van der Waals surface area contributed by atoms with Gasteiger partial charge in [0, 0.05) is 24.0 Å². The number of hydrogen-bond donors (Lipinski definition) is 1. The van der Waals surface area contributed by atoms with E-state index >= 15 is 0 Å². The van der Waals surface area contributed by atoms with Crippen LogP contribution < -0.4 is 17.7 Å². The van der Waals surface area contributed by atoms with Gasteiger partial charge in [-0.15, -0.1) is 0 Å². The Labute approximate surface area is 164 Å². The number of anilines is 1. The van der Waals surface area contributed by atoms with Crippen LogP contribution in [0.1, 0.15) is 11.1 Å². The summed E-state index contributed by atoms with van der Waals surface area (Å²) in [4.78, 5) is 8.45. The van der Waals surface area contributed by atoms with E-state index in [2.05, 4.69) is 15.3 Å². The Bertz CT molecular complexity index is 1040. The van der Waals surface area contributed by atoms with E-state index in [4.69, 9.17) is 4.42 Å². The number of pyridine rings is 1. The minimum absolute atomic E-state index is 0. The molecule has 2 aromatic heterocycles. The quantitative estimate of drug-likeness (QED) is 0.568. The number of alkyl halides is 3. The highest BCUT2D eigenvalue weighted by Gasteiger charge is 2.32. The molecule has 8 heteroatoms. The lowest BCUT2D eigenvalue weighted by atomic mass is 10.1. The summed E-state index contributed by atoms with van der Waals surface area (Å²) < 4.78 is 44.8. The minimum Gasteiger partial charge on any atom is -1.00 e. The van der Waals surface area contributed by atoms with E-state index in [1.54, 1.807) is 48.7 Å². The Hall–Kier alpha value is -3.06. The third-order valence-electron chi connectivity index (χ3n) is 4.10. The number of aromatic nitrogens is 2. The standard InChI is InChI=1S/C20H14F3N3O.ClH/c21-20(22,23)16-5-2-1-4-14(16)12-25-15-9-7-13(8-10-15)19-26-18-17(27-19)6-3-11-24-18;/h1-11,25H,12H2;1H/p-1. The van der Waals surface area contributed by atoms with Gasteiger partial charge in [0.25, 0.3) is 0 Å². The van der Waals surface area contributed by atoms with Crippen molar-refractivity contribution in [3.63, 3.8) is 0 Å². The first-order valence-corrected chi connectivity index (χ1v) is 8.22. The van der Waals surface area contributed by atoms with E-state index < -0.39 is 11.7 Å². The molecule has 0 aliphatic rings. The maximum Gasteiger partial charge on any atom is 0.416 e. The highest BCUT2D eigenvalue weighted by molar-refractivity contribution is 5.72. The van der Waals surface area contributed by atoms with Gasteiger partial charge in [-0.05, 0) is 48.0 Å². The Kier molecular flexibility index (Phi) is 5.56. The summed E-state index contributed by atoms with van der Waals surface area (Å²) in [5, 5.41) is 3.02. The van der Waals surface area contributed by atoms with Crippen molar-refractivity contribution in [1.29, 1.82) is 0 Å². The first-order valence-electron chi connectivity index (χ1n) is 8.22. The number of benzene rings is 2. The van der Waals surface area contributed by atoms with Crippen molar-refractivity contribution in [2.45, 2.75) is 12.7 Å². The predicted molar refractivity (Wildman–Crippen MR) is 96.0 cm³/mol. The number of halogens is 4. The number of nitrogens with zero attached hydrogens (tertiary/aromatic N) is 2. The van der Waals surface area contributed by atoms with Crippen LogP contribution in [-0.4, -0.2) is 9.97 Å². The molecule has 2 aromatic carbocycles.